The monoisotopic (exact) mass is 623 g/mol. The number of phosphoric ester groups is 1. The molecule has 0 spiro atoms. The first kappa shape index (κ1) is 33.9. The SMILES string of the molecule is Cc1ccc(-c2ccccc2[C@H](OCOP(=O)(OC(C)(C)C)OC(C)(C)C)C2CCN(c3ccc(C(=O)O)cc3)CC2)cc1. The standard InChI is InChI=1S/C35H46NO7P/c1-25-12-14-26(15-13-25)30-10-8-9-11-31(30)32(40-24-41-44(39,42-34(2,3)4)43-35(5,6)7)27-20-22-36(23-21-27)29-18-16-28(17-19-29)33(37)38/h8-19,27,32H,20-24H2,1-7H3,(H,37,38)/t32-/m1/s1. The Morgan fingerprint density at radius 2 is 1.45 bits per heavy atom. The molecule has 3 aromatic carbocycles. The minimum absolute atomic E-state index is 0.145. The van der Waals surface area contributed by atoms with E-state index in [1.165, 1.54) is 5.56 Å². The predicted molar refractivity (Wildman–Crippen MR) is 174 cm³/mol. The summed E-state index contributed by atoms with van der Waals surface area (Å²) in [5.41, 5.74) is 4.14. The molecule has 1 atom stereocenters. The molecule has 1 N–H and O–H groups in total. The Bertz CT molecular complexity index is 1410. The molecule has 1 aliphatic rings. The molecule has 0 unspecified atom stereocenters. The lowest BCUT2D eigenvalue weighted by atomic mass is 9.84. The van der Waals surface area contributed by atoms with Gasteiger partial charge in [-0.05, 0) is 108 Å². The first-order valence-electron chi connectivity index (χ1n) is 15.1. The second-order valence-corrected chi connectivity index (χ2v) is 14.8. The van der Waals surface area contributed by atoms with Crippen molar-refractivity contribution in [3.05, 3.63) is 89.5 Å². The van der Waals surface area contributed by atoms with Crippen molar-refractivity contribution < 1.29 is 32.8 Å². The van der Waals surface area contributed by atoms with Crippen LogP contribution < -0.4 is 4.90 Å². The summed E-state index contributed by atoms with van der Waals surface area (Å²) in [7, 11) is -3.96. The van der Waals surface area contributed by atoms with Crippen molar-refractivity contribution in [2.45, 2.75) is 78.6 Å². The van der Waals surface area contributed by atoms with Gasteiger partial charge in [-0.2, -0.15) is 0 Å². The van der Waals surface area contributed by atoms with E-state index in [0.717, 1.165) is 48.3 Å². The summed E-state index contributed by atoms with van der Waals surface area (Å²) in [4.78, 5) is 13.6. The second-order valence-electron chi connectivity index (χ2n) is 13.3. The fourth-order valence-electron chi connectivity index (χ4n) is 5.41. The maximum absolute atomic E-state index is 13.7. The van der Waals surface area contributed by atoms with Crippen LogP contribution in [-0.2, 0) is 22.9 Å². The van der Waals surface area contributed by atoms with Crippen LogP contribution in [0.5, 0.6) is 0 Å². The van der Waals surface area contributed by atoms with Crippen molar-refractivity contribution in [2.24, 2.45) is 5.92 Å². The lowest BCUT2D eigenvalue weighted by Gasteiger charge is -2.38. The van der Waals surface area contributed by atoms with Crippen LogP contribution in [0.25, 0.3) is 11.1 Å². The number of phosphoric acid groups is 1. The number of piperidine rings is 1. The summed E-state index contributed by atoms with van der Waals surface area (Å²) < 4.78 is 37.7. The summed E-state index contributed by atoms with van der Waals surface area (Å²) in [6.45, 7) is 14.2. The molecule has 0 bridgehead atoms. The van der Waals surface area contributed by atoms with Crippen LogP contribution in [0.15, 0.2) is 72.8 Å². The number of hydrogen-bond acceptors (Lipinski definition) is 7. The molecule has 9 heteroatoms. The zero-order valence-corrected chi connectivity index (χ0v) is 27.8. The van der Waals surface area contributed by atoms with Gasteiger partial charge in [0.15, 0.2) is 6.79 Å². The quantitative estimate of drug-likeness (QED) is 0.167. The molecule has 0 radical (unpaired) electrons. The first-order chi connectivity index (χ1) is 20.6. The molecule has 1 heterocycles. The van der Waals surface area contributed by atoms with Crippen molar-refractivity contribution in [1.29, 1.82) is 0 Å². The van der Waals surface area contributed by atoms with Crippen molar-refractivity contribution >= 4 is 19.5 Å². The number of hydrogen-bond donors (Lipinski definition) is 1. The van der Waals surface area contributed by atoms with Gasteiger partial charge in [0.05, 0.1) is 22.9 Å². The molecule has 3 aromatic rings. The molecule has 0 amide bonds. The van der Waals surface area contributed by atoms with Crippen LogP contribution in [0.4, 0.5) is 5.69 Å². The molecule has 0 saturated carbocycles. The number of nitrogens with zero attached hydrogens (tertiary/aromatic N) is 1. The van der Waals surface area contributed by atoms with Gasteiger partial charge in [-0.1, -0.05) is 54.1 Å². The Morgan fingerprint density at radius 1 is 0.886 bits per heavy atom. The highest BCUT2D eigenvalue weighted by Crippen LogP contribution is 2.55. The van der Waals surface area contributed by atoms with Gasteiger partial charge in [-0.3, -0.25) is 13.6 Å². The molecular weight excluding hydrogens is 577 g/mol. The van der Waals surface area contributed by atoms with Gasteiger partial charge in [-0.25, -0.2) is 9.36 Å². The minimum atomic E-state index is -3.96. The van der Waals surface area contributed by atoms with Gasteiger partial charge < -0.3 is 14.7 Å². The van der Waals surface area contributed by atoms with Crippen molar-refractivity contribution in [3.63, 3.8) is 0 Å². The van der Waals surface area contributed by atoms with Gasteiger partial charge in [0, 0.05) is 18.8 Å². The molecule has 8 nitrogen and oxygen atoms in total. The zero-order chi connectivity index (χ0) is 32.1. The largest absolute Gasteiger partial charge is 0.478 e. The van der Waals surface area contributed by atoms with E-state index in [1.54, 1.807) is 53.7 Å². The fraction of sp³-hybridized carbons (Fsp3) is 0.457. The summed E-state index contributed by atoms with van der Waals surface area (Å²) in [5.74, 6) is -0.791. The Balaban J connectivity index is 1.59. The van der Waals surface area contributed by atoms with E-state index in [1.807, 2.05) is 24.3 Å². The molecule has 0 aromatic heterocycles. The van der Waals surface area contributed by atoms with Crippen molar-refractivity contribution in [3.8, 4) is 11.1 Å². The van der Waals surface area contributed by atoms with Gasteiger partial charge in [0.1, 0.15) is 0 Å². The number of ether oxygens (including phenoxy) is 1. The molecule has 4 rings (SSSR count). The number of rotatable bonds is 11. The molecule has 0 aliphatic carbocycles. The van der Waals surface area contributed by atoms with Crippen LogP contribution in [-0.4, -0.2) is 42.2 Å². The molecule has 44 heavy (non-hydrogen) atoms. The average Bonchev–Trinajstić information content (AvgIpc) is 2.94. The highest BCUT2D eigenvalue weighted by molar-refractivity contribution is 7.48. The normalized spacial score (nSPS) is 15.8. The summed E-state index contributed by atoms with van der Waals surface area (Å²) >= 11 is 0. The number of carbonyl (C=O) groups is 1. The molecule has 1 fully saturated rings. The van der Waals surface area contributed by atoms with E-state index >= 15 is 0 Å². The van der Waals surface area contributed by atoms with Crippen molar-refractivity contribution in [2.75, 3.05) is 24.8 Å². The third-order valence-electron chi connectivity index (χ3n) is 7.31. The molecule has 1 aliphatic heterocycles. The van der Waals surface area contributed by atoms with E-state index in [4.69, 9.17) is 18.3 Å². The number of carboxylic acids is 1. The lowest BCUT2D eigenvalue weighted by molar-refractivity contribution is -0.0933. The minimum Gasteiger partial charge on any atom is -0.478 e. The van der Waals surface area contributed by atoms with Crippen LogP contribution in [0.2, 0.25) is 0 Å². The Kier molecular flexibility index (Phi) is 10.8. The van der Waals surface area contributed by atoms with Crippen LogP contribution >= 0.6 is 7.82 Å². The third-order valence-corrected chi connectivity index (χ3v) is 9.27. The van der Waals surface area contributed by atoms with Gasteiger partial charge >= 0.3 is 13.8 Å². The Morgan fingerprint density at radius 3 is 2.00 bits per heavy atom. The van der Waals surface area contributed by atoms with E-state index < -0.39 is 25.0 Å². The Labute approximate surface area is 261 Å². The molecule has 1 saturated heterocycles. The third kappa shape index (κ3) is 9.50. The predicted octanol–water partition coefficient (Wildman–Crippen LogP) is 9.05. The Hall–Kier alpha value is -3.00. The van der Waals surface area contributed by atoms with E-state index in [2.05, 4.69) is 48.2 Å². The lowest BCUT2D eigenvalue weighted by Crippen LogP contribution is -2.36. The van der Waals surface area contributed by atoms with E-state index in [0.29, 0.717) is 0 Å². The second kappa shape index (κ2) is 14.0. The maximum Gasteiger partial charge on any atom is 0.477 e. The fourth-order valence-corrected chi connectivity index (χ4v) is 7.08. The summed E-state index contributed by atoms with van der Waals surface area (Å²) in [6, 6.07) is 23.7. The number of aromatic carboxylic acids is 1. The smallest absolute Gasteiger partial charge is 0.477 e. The molecular formula is C35H46NO7P. The van der Waals surface area contributed by atoms with Gasteiger partial charge in [-0.15, -0.1) is 0 Å². The van der Waals surface area contributed by atoms with E-state index in [-0.39, 0.29) is 24.4 Å². The number of anilines is 1. The topological polar surface area (TPSA) is 94.5 Å². The van der Waals surface area contributed by atoms with Crippen molar-refractivity contribution in [1.82, 2.24) is 0 Å². The first-order valence-corrected chi connectivity index (χ1v) is 16.6. The van der Waals surface area contributed by atoms with Crippen LogP contribution in [0.3, 0.4) is 0 Å². The van der Waals surface area contributed by atoms with Gasteiger partial charge in [0.2, 0.25) is 0 Å². The number of carboxylic acid groups (broad SMARTS) is 1. The average molecular weight is 624 g/mol. The highest BCUT2D eigenvalue weighted by atomic mass is 31.2. The zero-order valence-electron chi connectivity index (χ0n) is 26.9. The summed E-state index contributed by atoms with van der Waals surface area (Å²) in [6.07, 6.45) is 1.33. The summed E-state index contributed by atoms with van der Waals surface area (Å²) in [5, 5.41) is 9.27. The number of aryl methyl sites for hydroxylation is 1. The van der Waals surface area contributed by atoms with Gasteiger partial charge in [0.25, 0.3) is 0 Å². The maximum atomic E-state index is 13.7. The highest BCUT2D eigenvalue weighted by Gasteiger charge is 2.38. The van der Waals surface area contributed by atoms with Crippen LogP contribution in [0, 0.1) is 12.8 Å². The van der Waals surface area contributed by atoms with E-state index in [9.17, 15) is 14.5 Å². The number of benzene rings is 3. The van der Waals surface area contributed by atoms with Crippen LogP contribution in [0.1, 0.15) is 82.0 Å². The molecule has 238 valence electrons.